The second kappa shape index (κ2) is 6.65. The fourth-order valence-electron chi connectivity index (χ4n) is 1.61. The van der Waals surface area contributed by atoms with Gasteiger partial charge in [-0.2, -0.15) is 0 Å². The maximum absolute atomic E-state index is 12.5. The third-order valence-corrected chi connectivity index (χ3v) is 3.50. The normalized spacial score (nSPS) is 12.0. The average molecular weight is 408 g/mol. The number of nitrogens with two attached hydrogens (primary N) is 1. The van der Waals surface area contributed by atoms with Crippen molar-refractivity contribution in [3.8, 4) is 0 Å². The molecule has 0 radical (unpaired) electrons. The third kappa shape index (κ3) is 5.35. The molecule has 1 rings (SSSR count). The molecule has 8 heteroatoms. The van der Waals surface area contributed by atoms with E-state index in [-0.39, 0.29) is 26.6 Å². The van der Waals surface area contributed by atoms with E-state index >= 15 is 0 Å². The predicted octanol–water partition coefficient (Wildman–Crippen LogP) is 3.99. The van der Waals surface area contributed by atoms with Gasteiger partial charge < -0.3 is 15.2 Å². The number of anilines is 1. The van der Waals surface area contributed by atoms with E-state index in [4.69, 9.17) is 26.8 Å². The van der Waals surface area contributed by atoms with Crippen molar-refractivity contribution in [3.05, 3.63) is 20.8 Å². The van der Waals surface area contributed by atoms with Crippen molar-refractivity contribution in [2.24, 2.45) is 0 Å². The van der Waals surface area contributed by atoms with Crippen LogP contribution in [-0.4, -0.2) is 28.1 Å². The lowest BCUT2D eigenvalue weighted by atomic mass is 10.1. The van der Waals surface area contributed by atoms with Crippen LogP contribution in [-0.2, 0) is 9.47 Å². The minimum Gasteiger partial charge on any atom is -0.456 e. The van der Waals surface area contributed by atoms with Gasteiger partial charge in [-0.3, -0.25) is 0 Å². The highest BCUT2D eigenvalue weighted by molar-refractivity contribution is 9.10. The predicted molar refractivity (Wildman–Crippen MR) is 91.7 cm³/mol. The average Bonchev–Trinajstić information content (AvgIpc) is 2.28. The minimum absolute atomic E-state index is 0.0608. The molecule has 0 aliphatic carbocycles. The van der Waals surface area contributed by atoms with Gasteiger partial charge in [-0.25, -0.2) is 14.6 Å². The summed E-state index contributed by atoms with van der Waals surface area (Å²) in [7, 11) is 0. The molecular formula is C15H20BrClN2O4. The topological polar surface area (TPSA) is 91.5 Å². The van der Waals surface area contributed by atoms with E-state index in [9.17, 15) is 9.59 Å². The zero-order valence-corrected chi connectivity index (χ0v) is 16.3. The first kappa shape index (κ1) is 19.7. The van der Waals surface area contributed by atoms with Crippen LogP contribution in [0.25, 0.3) is 0 Å². The van der Waals surface area contributed by atoms with Crippen LogP contribution in [0.4, 0.5) is 5.82 Å². The van der Waals surface area contributed by atoms with Crippen molar-refractivity contribution in [3.63, 3.8) is 0 Å². The Bertz CT molecular complexity index is 648. The molecule has 0 amide bonds. The van der Waals surface area contributed by atoms with E-state index in [1.165, 1.54) is 0 Å². The van der Waals surface area contributed by atoms with Gasteiger partial charge >= 0.3 is 11.9 Å². The van der Waals surface area contributed by atoms with Gasteiger partial charge in [0.25, 0.3) is 0 Å². The molecule has 6 nitrogen and oxygen atoms in total. The van der Waals surface area contributed by atoms with Gasteiger partial charge in [0.05, 0.1) is 10.6 Å². The highest BCUT2D eigenvalue weighted by atomic mass is 79.9. The molecule has 0 aliphatic heterocycles. The lowest BCUT2D eigenvalue weighted by molar-refractivity contribution is 0.00191. The molecule has 0 saturated carbocycles. The summed E-state index contributed by atoms with van der Waals surface area (Å²) >= 11 is 9.24. The largest absolute Gasteiger partial charge is 0.456 e. The Hall–Kier alpha value is -1.34. The molecule has 23 heavy (non-hydrogen) atoms. The van der Waals surface area contributed by atoms with E-state index in [0.717, 1.165) is 0 Å². The van der Waals surface area contributed by atoms with Crippen molar-refractivity contribution in [2.75, 3.05) is 5.73 Å². The minimum atomic E-state index is -0.794. The molecule has 1 aromatic heterocycles. The molecule has 0 unspecified atom stereocenters. The number of hydrogen-bond donors (Lipinski definition) is 1. The van der Waals surface area contributed by atoms with Crippen molar-refractivity contribution < 1.29 is 19.1 Å². The number of nitrogen functional groups attached to an aromatic ring is 1. The molecule has 1 heterocycles. The number of pyridine rings is 1. The second-order valence-corrected chi connectivity index (χ2v) is 7.98. The molecule has 1 aromatic rings. The van der Waals surface area contributed by atoms with E-state index in [1.807, 2.05) is 0 Å². The summed E-state index contributed by atoms with van der Waals surface area (Å²) in [5.41, 5.74) is 3.89. The molecular weight excluding hydrogens is 388 g/mol. The number of nitrogens with zero attached hydrogens (tertiary/aromatic N) is 1. The van der Waals surface area contributed by atoms with Gasteiger partial charge in [-0.05, 0) is 57.5 Å². The molecule has 2 N–H and O–H groups in total. The van der Waals surface area contributed by atoms with E-state index < -0.39 is 23.1 Å². The second-order valence-electron chi connectivity index (χ2n) is 6.86. The van der Waals surface area contributed by atoms with Crippen molar-refractivity contribution in [2.45, 2.75) is 52.7 Å². The van der Waals surface area contributed by atoms with Crippen LogP contribution in [0.3, 0.4) is 0 Å². The Morgan fingerprint density at radius 3 is 1.78 bits per heavy atom. The Balaban J connectivity index is 3.48. The number of carbonyl (C=O) groups is 2. The molecule has 0 aliphatic rings. The summed E-state index contributed by atoms with van der Waals surface area (Å²) in [5.74, 6) is -1.74. The zero-order chi connectivity index (χ0) is 18.2. The fourth-order valence-corrected chi connectivity index (χ4v) is 2.21. The number of aromatic nitrogens is 1. The Morgan fingerprint density at radius 1 is 1.00 bits per heavy atom. The Kier molecular flexibility index (Phi) is 5.70. The van der Waals surface area contributed by atoms with Gasteiger partial charge in [-0.1, -0.05) is 11.6 Å². The van der Waals surface area contributed by atoms with E-state index in [0.29, 0.717) is 0 Å². The van der Waals surface area contributed by atoms with E-state index in [2.05, 4.69) is 20.9 Å². The number of hydrogen-bond acceptors (Lipinski definition) is 6. The van der Waals surface area contributed by atoms with Crippen LogP contribution >= 0.6 is 27.5 Å². The molecule has 0 spiro atoms. The van der Waals surface area contributed by atoms with Crippen LogP contribution in [0.5, 0.6) is 0 Å². The summed E-state index contributed by atoms with van der Waals surface area (Å²) in [5, 5.41) is -0.0608. The molecule has 128 valence electrons. The summed E-state index contributed by atoms with van der Waals surface area (Å²) in [6, 6.07) is 0. The number of halogens is 2. The summed E-state index contributed by atoms with van der Waals surface area (Å²) in [6.07, 6.45) is 0. The van der Waals surface area contributed by atoms with Crippen LogP contribution in [0.2, 0.25) is 5.02 Å². The van der Waals surface area contributed by atoms with Gasteiger partial charge in [0.2, 0.25) is 0 Å². The molecule has 0 saturated heterocycles. The van der Waals surface area contributed by atoms with Gasteiger partial charge in [-0.15, -0.1) is 0 Å². The van der Waals surface area contributed by atoms with Gasteiger partial charge in [0.1, 0.15) is 27.2 Å². The zero-order valence-electron chi connectivity index (χ0n) is 13.9. The summed E-state index contributed by atoms with van der Waals surface area (Å²) in [6.45, 7) is 10.2. The molecule has 0 bridgehead atoms. The summed E-state index contributed by atoms with van der Waals surface area (Å²) in [4.78, 5) is 28.8. The van der Waals surface area contributed by atoms with Crippen LogP contribution in [0, 0.1) is 0 Å². The number of carbonyl (C=O) groups excluding carboxylic acids is 2. The smallest absolute Gasteiger partial charge is 0.343 e. The Labute approximate surface area is 148 Å². The highest BCUT2D eigenvalue weighted by Gasteiger charge is 2.32. The molecule has 0 atom stereocenters. The number of ether oxygens (including phenoxy) is 2. The lowest BCUT2D eigenvalue weighted by Crippen LogP contribution is -2.29. The molecule has 0 fully saturated rings. The van der Waals surface area contributed by atoms with Gasteiger partial charge in [0, 0.05) is 0 Å². The first-order valence-electron chi connectivity index (χ1n) is 6.84. The number of esters is 2. The van der Waals surface area contributed by atoms with Crippen LogP contribution in [0.1, 0.15) is 62.3 Å². The van der Waals surface area contributed by atoms with Crippen molar-refractivity contribution >= 4 is 45.3 Å². The lowest BCUT2D eigenvalue weighted by Gasteiger charge is -2.23. The third-order valence-electron chi connectivity index (χ3n) is 2.33. The Morgan fingerprint density at radius 2 is 1.39 bits per heavy atom. The van der Waals surface area contributed by atoms with Crippen LogP contribution in [0.15, 0.2) is 4.60 Å². The fraction of sp³-hybridized carbons (Fsp3) is 0.533. The first-order valence-corrected chi connectivity index (χ1v) is 8.01. The van der Waals surface area contributed by atoms with Crippen LogP contribution < -0.4 is 5.73 Å². The van der Waals surface area contributed by atoms with Gasteiger partial charge in [0.15, 0.2) is 0 Å². The maximum atomic E-state index is 12.5. The first-order chi connectivity index (χ1) is 10.2. The van der Waals surface area contributed by atoms with Crippen molar-refractivity contribution in [1.82, 2.24) is 4.98 Å². The standard InChI is InChI=1S/C15H20BrClN2O4/c1-14(2,3)22-12(20)7-8(13(21)23-15(4,5)6)11(18)19-10(16)9(7)17/h1-6H3,(H2,18,19). The number of rotatable bonds is 2. The van der Waals surface area contributed by atoms with Crippen molar-refractivity contribution in [1.29, 1.82) is 0 Å². The van der Waals surface area contributed by atoms with E-state index in [1.54, 1.807) is 41.5 Å². The summed E-state index contributed by atoms with van der Waals surface area (Å²) < 4.78 is 10.7. The maximum Gasteiger partial charge on any atom is 0.343 e. The molecule has 0 aromatic carbocycles. The highest BCUT2D eigenvalue weighted by Crippen LogP contribution is 2.33. The monoisotopic (exact) mass is 406 g/mol. The SMILES string of the molecule is CC(C)(C)OC(=O)c1c(N)nc(Br)c(Cl)c1C(=O)OC(C)(C)C. The quantitative estimate of drug-likeness (QED) is 0.588.